The maximum Gasteiger partial charge on any atom is 0.0857 e. The molecule has 3 N–H and O–H groups in total. The molecule has 0 radical (unpaired) electrons. The molecule has 1 unspecified atom stereocenters. The van der Waals surface area contributed by atoms with Crippen LogP contribution >= 0.6 is 11.5 Å². The molecule has 0 saturated carbocycles. The summed E-state index contributed by atoms with van der Waals surface area (Å²) in [6.45, 7) is 7.15. The summed E-state index contributed by atoms with van der Waals surface area (Å²) in [6, 6.07) is 0.111. The Morgan fingerprint density at radius 3 is 2.71 bits per heavy atom. The summed E-state index contributed by atoms with van der Waals surface area (Å²) in [5.41, 5.74) is 3.88. The first kappa shape index (κ1) is 14.5. The Morgan fingerprint density at radius 2 is 2.18 bits per heavy atom. The minimum absolute atomic E-state index is 0.00130. The number of nitrogens with two attached hydrogens (primary N) is 1. The van der Waals surface area contributed by atoms with Gasteiger partial charge >= 0.3 is 0 Å². The van der Waals surface area contributed by atoms with Crippen molar-refractivity contribution >= 4 is 11.5 Å². The van der Waals surface area contributed by atoms with Crippen LogP contribution in [0, 0.1) is 0 Å². The van der Waals surface area contributed by atoms with Crippen LogP contribution in [0.5, 0.6) is 0 Å². The summed E-state index contributed by atoms with van der Waals surface area (Å²) >= 11 is 1.42. The summed E-state index contributed by atoms with van der Waals surface area (Å²) in [6.07, 6.45) is 1.89. The second-order valence-corrected chi connectivity index (χ2v) is 5.88. The molecule has 0 fully saturated rings. The van der Waals surface area contributed by atoms with Gasteiger partial charge in [-0.1, -0.05) is 25.3 Å². The summed E-state index contributed by atoms with van der Waals surface area (Å²) in [7, 11) is 1.71. The molecule has 0 aliphatic heterocycles. The van der Waals surface area contributed by atoms with Crippen molar-refractivity contribution in [1.29, 1.82) is 0 Å². The Balaban J connectivity index is 2.78. The third-order valence-corrected chi connectivity index (χ3v) is 3.42. The van der Waals surface area contributed by atoms with Gasteiger partial charge in [-0.25, -0.2) is 0 Å². The second kappa shape index (κ2) is 6.39. The maximum absolute atomic E-state index is 5.62. The van der Waals surface area contributed by atoms with Crippen molar-refractivity contribution in [3.8, 4) is 0 Å². The van der Waals surface area contributed by atoms with Crippen LogP contribution in [0.2, 0.25) is 0 Å². The molecule has 0 aromatic carbocycles. The normalized spacial score (nSPS) is 13.9. The van der Waals surface area contributed by atoms with Gasteiger partial charge in [0.25, 0.3) is 0 Å². The number of nitrogens with one attached hydrogen (secondary N) is 1. The van der Waals surface area contributed by atoms with E-state index in [2.05, 4.69) is 35.8 Å². The molecule has 17 heavy (non-hydrogen) atoms. The van der Waals surface area contributed by atoms with E-state index in [1.165, 1.54) is 11.5 Å². The molecule has 0 aliphatic carbocycles. The molecule has 1 rings (SSSR count). The maximum atomic E-state index is 5.62. The Bertz CT molecular complexity index is 334. The number of hydrogen-bond acceptors (Lipinski definition) is 6. The zero-order chi connectivity index (χ0) is 12.9. The van der Waals surface area contributed by atoms with Crippen molar-refractivity contribution < 1.29 is 4.74 Å². The van der Waals surface area contributed by atoms with Gasteiger partial charge in [0.2, 0.25) is 0 Å². The fraction of sp³-hybridized carbons (Fsp3) is 0.818. The van der Waals surface area contributed by atoms with E-state index in [1.807, 2.05) is 0 Å². The Hall–Kier alpha value is -0.560. The zero-order valence-electron chi connectivity index (χ0n) is 11.0. The van der Waals surface area contributed by atoms with Crippen LogP contribution < -0.4 is 11.3 Å². The molecule has 5 nitrogen and oxygen atoms in total. The van der Waals surface area contributed by atoms with Crippen LogP contribution in [0.25, 0.3) is 0 Å². The smallest absolute Gasteiger partial charge is 0.0857 e. The predicted octanol–water partition coefficient (Wildman–Crippen LogP) is 1.77. The van der Waals surface area contributed by atoms with Crippen molar-refractivity contribution in [3.63, 3.8) is 0 Å². The molecule has 1 aromatic rings. The highest BCUT2D eigenvalue weighted by atomic mass is 32.1. The van der Waals surface area contributed by atoms with Crippen molar-refractivity contribution in [2.24, 2.45) is 5.84 Å². The third kappa shape index (κ3) is 3.99. The predicted molar refractivity (Wildman–Crippen MR) is 69.8 cm³/mol. The third-order valence-electron chi connectivity index (χ3n) is 2.58. The average Bonchev–Trinajstić information content (AvgIpc) is 2.73. The number of ether oxygens (including phenoxy) is 1. The molecule has 0 aliphatic rings. The molecule has 0 amide bonds. The van der Waals surface area contributed by atoms with Gasteiger partial charge in [-0.2, -0.15) is 0 Å². The number of aromatic nitrogens is 2. The highest BCUT2D eigenvalue weighted by molar-refractivity contribution is 7.05. The minimum Gasteiger partial charge on any atom is -0.385 e. The average molecular weight is 258 g/mol. The summed E-state index contributed by atoms with van der Waals surface area (Å²) in [5.74, 6) is 5.62. The van der Waals surface area contributed by atoms with Crippen LogP contribution in [-0.2, 0) is 10.2 Å². The highest BCUT2D eigenvalue weighted by Gasteiger charge is 2.26. The number of nitrogens with zero attached hydrogens (tertiary/aromatic N) is 2. The van der Waals surface area contributed by atoms with Crippen LogP contribution in [0.15, 0.2) is 0 Å². The highest BCUT2D eigenvalue weighted by Crippen LogP contribution is 2.31. The molecule has 1 atom stereocenters. The van der Waals surface area contributed by atoms with E-state index >= 15 is 0 Å². The van der Waals surface area contributed by atoms with Gasteiger partial charge < -0.3 is 4.74 Å². The van der Waals surface area contributed by atoms with Gasteiger partial charge in [-0.05, 0) is 24.4 Å². The molecule has 98 valence electrons. The van der Waals surface area contributed by atoms with Gasteiger partial charge in [0.1, 0.15) is 0 Å². The van der Waals surface area contributed by atoms with E-state index in [9.17, 15) is 0 Å². The van der Waals surface area contributed by atoms with E-state index in [-0.39, 0.29) is 11.5 Å². The Labute approximate surface area is 107 Å². The van der Waals surface area contributed by atoms with Crippen molar-refractivity contribution in [2.45, 2.75) is 45.1 Å². The monoisotopic (exact) mass is 258 g/mol. The number of methoxy groups -OCH3 is 1. The Kier molecular flexibility index (Phi) is 5.45. The van der Waals surface area contributed by atoms with Crippen molar-refractivity contribution in [1.82, 2.24) is 15.0 Å². The lowest BCUT2D eigenvalue weighted by Gasteiger charge is -2.21. The fourth-order valence-corrected chi connectivity index (χ4v) is 2.62. The quantitative estimate of drug-likeness (QED) is 0.462. The van der Waals surface area contributed by atoms with Gasteiger partial charge in [0, 0.05) is 19.1 Å². The van der Waals surface area contributed by atoms with E-state index in [4.69, 9.17) is 10.6 Å². The Morgan fingerprint density at radius 1 is 1.47 bits per heavy atom. The van der Waals surface area contributed by atoms with Crippen LogP contribution in [0.3, 0.4) is 0 Å². The first-order valence-corrected chi connectivity index (χ1v) is 6.55. The van der Waals surface area contributed by atoms with Gasteiger partial charge in [-0.3, -0.25) is 11.3 Å². The minimum atomic E-state index is -0.00130. The fourth-order valence-electron chi connectivity index (χ4n) is 1.67. The lowest BCUT2D eigenvalue weighted by molar-refractivity contribution is 0.189. The molecule has 1 aromatic heterocycles. The SMILES string of the molecule is COCCCC(NN)c1snnc1C(C)(C)C. The number of rotatable bonds is 6. The summed E-state index contributed by atoms with van der Waals surface area (Å²) < 4.78 is 9.11. The van der Waals surface area contributed by atoms with E-state index in [1.54, 1.807) is 7.11 Å². The molecular weight excluding hydrogens is 236 g/mol. The first-order valence-electron chi connectivity index (χ1n) is 5.78. The molecule has 0 spiro atoms. The second-order valence-electron chi connectivity index (χ2n) is 5.09. The van der Waals surface area contributed by atoms with Crippen LogP contribution in [0.4, 0.5) is 0 Å². The lowest BCUT2D eigenvalue weighted by Crippen LogP contribution is -2.29. The van der Waals surface area contributed by atoms with E-state index in [0.717, 1.165) is 30.0 Å². The van der Waals surface area contributed by atoms with Crippen molar-refractivity contribution in [3.05, 3.63) is 10.6 Å². The molecule has 0 saturated heterocycles. The molecule has 0 bridgehead atoms. The van der Waals surface area contributed by atoms with Gasteiger partial charge in [0.05, 0.1) is 16.6 Å². The summed E-state index contributed by atoms with van der Waals surface area (Å²) in [4.78, 5) is 1.14. The van der Waals surface area contributed by atoms with Crippen LogP contribution in [-0.4, -0.2) is 23.3 Å². The van der Waals surface area contributed by atoms with Gasteiger partial charge in [-0.15, -0.1) is 5.10 Å². The van der Waals surface area contributed by atoms with Gasteiger partial charge in [0.15, 0.2) is 0 Å². The molecule has 6 heteroatoms. The standard InChI is InChI=1S/C11H22N4OS/c1-11(2,3)10-9(17-15-14-10)8(13-12)6-5-7-16-4/h8,13H,5-7,12H2,1-4H3. The number of hydrogen-bond donors (Lipinski definition) is 2. The number of hydrazine groups is 1. The summed E-state index contributed by atoms with van der Waals surface area (Å²) in [5, 5.41) is 4.23. The molecular formula is C11H22N4OS. The first-order chi connectivity index (χ1) is 8.00. The van der Waals surface area contributed by atoms with Crippen LogP contribution in [0.1, 0.15) is 50.2 Å². The zero-order valence-corrected chi connectivity index (χ0v) is 11.8. The lowest BCUT2D eigenvalue weighted by atomic mass is 9.89. The van der Waals surface area contributed by atoms with E-state index < -0.39 is 0 Å². The van der Waals surface area contributed by atoms with E-state index in [0.29, 0.717) is 0 Å². The van der Waals surface area contributed by atoms with Crippen molar-refractivity contribution in [2.75, 3.05) is 13.7 Å². The topological polar surface area (TPSA) is 73.1 Å². The largest absolute Gasteiger partial charge is 0.385 e. The molecule has 1 heterocycles.